The maximum atomic E-state index is 14.0. The van der Waals surface area contributed by atoms with Crippen molar-refractivity contribution >= 4 is 11.4 Å². The highest BCUT2D eigenvalue weighted by Gasteiger charge is 2.49. The van der Waals surface area contributed by atoms with Crippen LogP contribution in [-0.4, -0.2) is 31.5 Å². The number of rotatable bonds is 6. The number of halogens is 2. The summed E-state index contributed by atoms with van der Waals surface area (Å²) in [5.74, 6) is -1.42. The largest absolute Gasteiger partial charge is 0.485 e. The fourth-order valence-electron chi connectivity index (χ4n) is 4.99. The van der Waals surface area contributed by atoms with Crippen molar-refractivity contribution in [3.05, 3.63) is 101 Å². The van der Waals surface area contributed by atoms with Gasteiger partial charge in [0.1, 0.15) is 30.0 Å². The van der Waals surface area contributed by atoms with Crippen LogP contribution in [-0.2, 0) is 12.0 Å². The number of aryl methyl sites for hydroxylation is 1. The third-order valence-corrected chi connectivity index (χ3v) is 6.86. The predicted molar refractivity (Wildman–Crippen MR) is 124 cm³/mol. The molecule has 1 aliphatic carbocycles. The molecule has 2 heterocycles. The SMILES string of the molecule is Cc1nc2c(OCc3c(F)cccc3F)cccn2c1C(=O)C[C@]1(C)c2ccccc2[C@H](O)[C@H]1O. The van der Waals surface area contributed by atoms with Gasteiger partial charge in [-0.2, -0.15) is 0 Å². The van der Waals surface area contributed by atoms with Crippen LogP contribution >= 0.6 is 0 Å². The number of aliphatic hydroxyl groups excluding tert-OH is 2. The molecule has 8 heteroatoms. The van der Waals surface area contributed by atoms with E-state index in [1.165, 1.54) is 6.07 Å². The molecule has 0 bridgehead atoms. The Balaban J connectivity index is 1.47. The molecule has 0 amide bonds. The molecule has 4 aromatic rings. The third-order valence-electron chi connectivity index (χ3n) is 6.86. The lowest BCUT2D eigenvalue weighted by atomic mass is 9.77. The minimum Gasteiger partial charge on any atom is -0.485 e. The highest BCUT2D eigenvalue weighted by molar-refractivity contribution is 5.97. The van der Waals surface area contributed by atoms with E-state index in [1.54, 1.807) is 48.7 Å². The first-order valence-corrected chi connectivity index (χ1v) is 11.2. The number of benzene rings is 2. The summed E-state index contributed by atoms with van der Waals surface area (Å²) in [6.07, 6.45) is -0.610. The number of nitrogens with zero attached hydrogens (tertiary/aromatic N) is 2. The number of hydrogen-bond acceptors (Lipinski definition) is 5. The van der Waals surface area contributed by atoms with E-state index in [-0.39, 0.29) is 30.1 Å². The number of carbonyl (C=O) groups excluding carboxylic acids is 1. The van der Waals surface area contributed by atoms with Crippen LogP contribution < -0.4 is 4.74 Å². The summed E-state index contributed by atoms with van der Waals surface area (Å²) in [5, 5.41) is 21.4. The Morgan fingerprint density at radius 2 is 1.80 bits per heavy atom. The predicted octanol–water partition coefficient (Wildman–Crippen LogP) is 4.44. The lowest BCUT2D eigenvalue weighted by Crippen LogP contribution is -2.37. The van der Waals surface area contributed by atoms with Gasteiger partial charge in [-0.05, 0) is 42.3 Å². The van der Waals surface area contributed by atoms with Gasteiger partial charge in [0.15, 0.2) is 17.2 Å². The standard InChI is InChI=1S/C27H24F2N2O4/c1-15-23(21(32)13-27(2)18-8-4-3-7-16(18)24(33)25(27)34)31-12-6-11-22(26(31)30-15)35-14-17-19(28)9-5-10-20(17)29/h3-12,24-25,33-34H,13-14H2,1-2H3/t24-,25+,27+/m0/s1. The molecule has 180 valence electrons. The third kappa shape index (κ3) is 3.69. The van der Waals surface area contributed by atoms with Gasteiger partial charge in [-0.25, -0.2) is 13.8 Å². The zero-order chi connectivity index (χ0) is 24.9. The van der Waals surface area contributed by atoms with Crippen LogP contribution in [0.25, 0.3) is 5.65 Å². The van der Waals surface area contributed by atoms with E-state index >= 15 is 0 Å². The van der Waals surface area contributed by atoms with Gasteiger partial charge in [-0.1, -0.05) is 37.3 Å². The number of Topliss-reactive ketones (excluding diaryl/α,β-unsaturated/α-hetero) is 1. The molecule has 0 saturated carbocycles. The van der Waals surface area contributed by atoms with Crippen LogP contribution in [0.3, 0.4) is 0 Å². The molecule has 0 radical (unpaired) electrons. The molecule has 0 unspecified atom stereocenters. The monoisotopic (exact) mass is 478 g/mol. The van der Waals surface area contributed by atoms with Gasteiger partial charge in [-0.15, -0.1) is 0 Å². The molecule has 0 saturated heterocycles. The summed E-state index contributed by atoms with van der Waals surface area (Å²) < 4.78 is 35.3. The second-order valence-corrected chi connectivity index (χ2v) is 9.10. The summed E-state index contributed by atoms with van der Waals surface area (Å²) in [6, 6.07) is 14.0. The second kappa shape index (κ2) is 8.55. The normalized spacial score (nSPS) is 21.3. The number of carbonyl (C=O) groups is 1. The van der Waals surface area contributed by atoms with Crippen molar-refractivity contribution < 1.29 is 28.5 Å². The van der Waals surface area contributed by atoms with E-state index in [1.807, 2.05) is 12.1 Å². The molecule has 35 heavy (non-hydrogen) atoms. The van der Waals surface area contributed by atoms with E-state index in [0.717, 1.165) is 17.7 Å². The number of ether oxygens (including phenoxy) is 1. The fraction of sp³-hybridized carbons (Fsp3) is 0.259. The van der Waals surface area contributed by atoms with Gasteiger partial charge < -0.3 is 14.9 Å². The van der Waals surface area contributed by atoms with E-state index in [2.05, 4.69) is 4.98 Å². The highest BCUT2D eigenvalue weighted by Crippen LogP contribution is 2.47. The van der Waals surface area contributed by atoms with Crippen molar-refractivity contribution in [1.82, 2.24) is 9.38 Å². The molecule has 3 atom stereocenters. The maximum Gasteiger partial charge on any atom is 0.182 e. The van der Waals surface area contributed by atoms with E-state index < -0.39 is 29.3 Å². The highest BCUT2D eigenvalue weighted by atomic mass is 19.1. The zero-order valence-electron chi connectivity index (χ0n) is 19.2. The lowest BCUT2D eigenvalue weighted by Gasteiger charge is -2.29. The van der Waals surface area contributed by atoms with Crippen molar-refractivity contribution in [2.24, 2.45) is 0 Å². The Labute approximate surface area is 200 Å². The smallest absolute Gasteiger partial charge is 0.182 e. The van der Waals surface area contributed by atoms with Gasteiger partial charge in [0.2, 0.25) is 0 Å². The van der Waals surface area contributed by atoms with E-state index in [9.17, 15) is 23.8 Å². The molecule has 2 aromatic carbocycles. The molecular formula is C27H24F2N2O4. The minimum atomic E-state index is -1.14. The number of pyridine rings is 1. The number of hydrogen-bond donors (Lipinski definition) is 2. The molecule has 1 aliphatic rings. The van der Waals surface area contributed by atoms with Crippen LogP contribution in [0, 0.1) is 18.6 Å². The number of imidazole rings is 1. The van der Waals surface area contributed by atoms with E-state index in [0.29, 0.717) is 22.6 Å². The average Bonchev–Trinajstić information content (AvgIpc) is 3.27. The molecule has 2 aromatic heterocycles. The number of aromatic nitrogens is 2. The lowest BCUT2D eigenvalue weighted by molar-refractivity contribution is -0.0111. The number of ketones is 1. The Morgan fingerprint density at radius 1 is 1.09 bits per heavy atom. The minimum absolute atomic E-state index is 0.0532. The first-order valence-electron chi connectivity index (χ1n) is 11.2. The number of fused-ring (bicyclic) bond motifs is 2. The van der Waals surface area contributed by atoms with Gasteiger partial charge in [-0.3, -0.25) is 9.20 Å². The second-order valence-electron chi connectivity index (χ2n) is 9.10. The van der Waals surface area contributed by atoms with Crippen LogP contribution in [0.2, 0.25) is 0 Å². The average molecular weight is 478 g/mol. The van der Waals surface area contributed by atoms with Gasteiger partial charge in [0.05, 0.1) is 17.4 Å². The number of aliphatic hydroxyl groups is 2. The summed E-state index contributed by atoms with van der Waals surface area (Å²) in [5.41, 5.74) is 1.26. The van der Waals surface area contributed by atoms with Crippen LogP contribution in [0.5, 0.6) is 5.75 Å². The summed E-state index contributed by atoms with van der Waals surface area (Å²) >= 11 is 0. The maximum absolute atomic E-state index is 14.0. The molecule has 0 aliphatic heterocycles. The van der Waals surface area contributed by atoms with E-state index in [4.69, 9.17) is 4.74 Å². The molecule has 0 fully saturated rings. The van der Waals surface area contributed by atoms with Crippen molar-refractivity contribution in [2.75, 3.05) is 0 Å². The first-order chi connectivity index (χ1) is 16.7. The molecule has 6 nitrogen and oxygen atoms in total. The summed E-state index contributed by atoms with van der Waals surface area (Å²) in [7, 11) is 0. The summed E-state index contributed by atoms with van der Waals surface area (Å²) in [6.45, 7) is 3.11. The Morgan fingerprint density at radius 3 is 2.54 bits per heavy atom. The topological polar surface area (TPSA) is 84.1 Å². The van der Waals surface area contributed by atoms with Gasteiger partial charge >= 0.3 is 0 Å². The molecule has 5 rings (SSSR count). The van der Waals surface area contributed by atoms with Gasteiger partial charge in [0, 0.05) is 18.0 Å². The Bertz CT molecular complexity index is 1430. The fourth-order valence-corrected chi connectivity index (χ4v) is 4.99. The van der Waals surface area contributed by atoms with Crippen molar-refractivity contribution in [3.63, 3.8) is 0 Å². The van der Waals surface area contributed by atoms with Crippen molar-refractivity contribution in [2.45, 2.75) is 44.5 Å². The van der Waals surface area contributed by atoms with Crippen LogP contribution in [0.15, 0.2) is 60.8 Å². The molecule has 2 N–H and O–H groups in total. The quantitative estimate of drug-likeness (QED) is 0.401. The van der Waals surface area contributed by atoms with Gasteiger partial charge in [0.25, 0.3) is 0 Å². The van der Waals surface area contributed by atoms with Crippen molar-refractivity contribution in [3.8, 4) is 5.75 Å². The van der Waals surface area contributed by atoms with Crippen LogP contribution in [0.4, 0.5) is 8.78 Å². The zero-order valence-corrected chi connectivity index (χ0v) is 19.2. The summed E-state index contributed by atoms with van der Waals surface area (Å²) in [4.78, 5) is 18.0. The Hall–Kier alpha value is -3.62. The molecule has 0 spiro atoms. The molecular weight excluding hydrogens is 454 g/mol. The van der Waals surface area contributed by atoms with Crippen LogP contribution in [0.1, 0.15) is 52.3 Å². The first kappa shape index (κ1) is 23.1. The Kier molecular flexibility index (Phi) is 5.65. The van der Waals surface area contributed by atoms with Crippen molar-refractivity contribution in [1.29, 1.82) is 0 Å².